The average Bonchev–Trinajstić information content (AvgIpc) is 3.44. The minimum Gasteiger partial charge on any atom is -0.468 e. The SMILES string of the molecule is COCc1c(C(=O)NC[C@H](c2ccco2)N2CCCC2)sc2cccc(F)c12. The second-order valence-electron chi connectivity index (χ2n) is 6.94. The fourth-order valence-electron chi connectivity index (χ4n) is 3.85. The van der Waals surface area contributed by atoms with Crippen molar-refractivity contribution < 1.29 is 18.3 Å². The van der Waals surface area contributed by atoms with Crippen molar-refractivity contribution in [2.24, 2.45) is 0 Å². The molecule has 1 aliphatic rings. The zero-order valence-corrected chi connectivity index (χ0v) is 16.6. The normalized spacial score (nSPS) is 15.9. The fourth-order valence-corrected chi connectivity index (χ4v) is 4.98. The van der Waals surface area contributed by atoms with Crippen LogP contribution >= 0.6 is 11.3 Å². The highest BCUT2D eigenvalue weighted by molar-refractivity contribution is 7.21. The summed E-state index contributed by atoms with van der Waals surface area (Å²) in [5.41, 5.74) is 0.605. The number of fused-ring (bicyclic) bond motifs is 1. The first-order valence-corrected chi connectivity index (χ1v) is 10.2. The lowest BCUT2D eigenvalue weighted by molar-refractivity contribution is 0.0933. The van der Waals surface area contributed by atoms with E-state index in [-0.39, 0.29) is 24.4 Å². The molecule has 1 amide bonds. The number of hydrogen-bond donors (Lipinski definition) is 1. The topological polar surface area (TPSA) is 54.7 Å². The quantitative estimate of drug-likeness (QED) is 0.639. The van der Waals surface area contributed by atoms with E-state index >= 15 is 0 Å². The van der Waals surface area contributed by atoms with Gasteiger partial charge in [0.15, 0.2) is 0 Å². The number of thiophene rings is 1. The summed E-state index contributed by atoms with van der Waals surface area (Å²) in [6, 6.07) is 8.71. The van der Waals surface area contributed by atoms with Crippen LogP contribution in [0.25, 0.3) is 10.1 Å². The molecule has 1 atom stereocenters. The molecular weight excluding hydrogens is 379 g/mol. The van der Waals surface area contributed by atoms with Crippen molar-refractivity contribution in [2.75, 3.05) is 26.7 Å². The number of amides is 1. The van der Waals surface area contributed by atoms with E-state index in [4.69, 9.17) is 9.15 Å². The second kappa shape index (κ2) is 8.43. The van der Waals surface area contributed by atoms with Gasteiger partial charge in [-0.1, -0.05) is 6.07 Å². The molecule has 2 aromatic heterocycles. The standard InChI is InChI=1S/C21H23FN2O3S/c1-26-13-14-19-15(22)6-4-8-18(19)28-20(14)21(25)23-12-16(17-7-5-11-27-17)24-9-2-3-10-24/h4-8,11,16H,2-3,9-10,12-13H2,1H3,(H,23,25)/t16-/m1/s1. The molecule has 1 aromatic carbocycles. The van der Waals surface area contributed by atoms with Crippen LogP contribution in [0.2, 0.25) is 0 Å². The summed E-state index contributed by atoms with van der Waals surface area (Å²) in [5.74, 6) is 0.315. The average molecular weight is 402 g/mol. The Morgan fingerprint density at radius 1 is 1.32 bits per heavy atom. The number of halogens is 1. The Kier molecular flexibility index (Phi) is 5.75. The minimum atomic E-state index is -0.328. The van der Waals surface area contributed by atoms with Crippen LogP contribution in [-0.4, -0.2) is 37.6 Å². The summed E-state index contributed by atoms with van der Waals surface area (Å²) in [6.45, 7) is 2.61. The zero-order chi connectivity index (χ0) is 19.5. The lowest BCUT2D eigenvalue weighted by Crippen LogP contribution is -2.36. The maximum absolute atomic E-state index is 14.4. The van der Waals surface area contributed by atoms with E-state index in [0.717, 1.165) is 36.4 Å². The van der Waals surface area contributed by atoms with Crippen LogP contribution in [-0.2, 0) is 11.3 Å². The van der Waals surface area contributed by atoms with E-state index in [1.807, 2.05) is 18.2 Å². The molecule has 1 N–H and O–H groups in total. The van der Waals surface area contributed by atoms with E-state index in [2.05, 4.69) is 10.2 Å². The van der Waals surface area contributed by atoms with E-state index in [0.29, 0.717) is 22.4 Å². The van der Waals surface area contributed by atoms with Gasteiger partial charge in [0.05, 0.1) is 23.8 Å². The number of rotatable bonds is 7. The largest absolute Gasteiger partial charge is 0.468 e. The Hall–Kier alpha value is -2.22. The molecule has 0 bridgehead atoms. The van der Waals surface area contributed by atoms with Gasteiger partial charge in [0.2, 0.25) is 0 Å². The first-order chi connectivity index (χ1) is 13.7. The first-order valence-electron chi connectivity index (χ1n) is 9.43. The van der Waals surface area contributed by atoms with Crippen molar-refractivity contribution in [1.29, 1.82) is 0 Å². The lowest BCUT2D eigenvalue weighted by Gasteiger charge is -2.26. The Bertz CT molecular complexity index is 948. The Balaban J connectivity index is 1.57. The molecule has 0 spiro atoms. The summed E-state index contributed by atoms with van der Waals surface area (Å²) >= 11 is 1.30. The number of methoxy groups -OCH3 is 1. The second-order valence-corrected chi connectivity index (χ2v) is 7.99. The lowest BCUT2D eigenvalue weighted by atomic mass is 10.1. The number of carbonyl (C=O) groups excluding carboxylic acids is 1. The van der Waals surface area contributed by atoms with Gasteiger partial charge in [-0.25, -0.2) is 4.39 Å². The maximum Gasteiger partial charge on any atom is 0.261 e. The zero-order valence-electron chi connectivity index (χ0n) is 15.7. The third kappa shape index (κ3) is 3.70. The van der Waals surface area contributed by atoms with Gasteiger partial charge in [0, 0.05) is 29.3 Å². The Morgan fingerprint density at radius 3 is 2.86 bits per heavy atom. The van der Waals surface area contributed by atoms with Crippen molar-refractivity contribution in [3.05, 3.63) is 58.6 Å². The third-order valence-corrected chi connectivity index (χ3v) is 6.36. The molecule has 1 fully saturated rings. The molecule has 0 saturated carbocycles. The number of furan rings is 1. The molecule has 0 aliphatic carbocycles. The van der Waals surface area contributed by atoms with Crippen molar-refractivity contribution in [2.45, 2.75) is 25.5 Å². The van der Waals surface area contributed by atoms with Crippen LogP contribution in [0.4, 0.5) is 4.39 Å². The van der Waals surface area contributed by atoms with E-state index < -0.39 is 0 Å². The molecule has 3 heterocycles. The molecule has 0 unspecified atom stereocenters. The highest BCUT2D eigenvalue weighted by Gasteiger charge is 2.27. The van der Waals surface area contributed by atoms with Crippen LogP contribution < -0.4 is 5.32 Å². The number of likely N-dealkylation sites (tertiary alicyclic amines) is 1. The monoisotopic (exact) mass is 402 g/mol. The number of carbonyl (C=O) groups is 1. The molecule has 4 rings (SSSR count). The Labute approximate surface area is 167 Å². The summed E-state index contributed by atoms with van der Waals surface area (Å²) in [5, 5.41) is 3.51. The van der Waals surface area contributed by atoms with Crippen LogP contribution in [0.3, 0.4) is 0 Å². The summed E-state index contributed by atoms with van der Waals surface area (Å²) in [4.78, 5) is 15.8. The minimum absolute atomic E-state index is 0.00144. The summed E-state index contributed by atoms with van der Waals surface area (Å²) in [7, 11) is 1.55. The summed E-state index contributed by atoms with van der Waals surface area (Å²) < 4.78 is 26.0. The smallest absolute Gasteiger partial charge is 0.261 e. The number of hydrogen-bond acceptors (Lipinski definition) is 5. The number of benzene rings is 1. The van der Waals surface area contributed by atoms with Crippen LogP contribution in [0.1, 0.15) is 39.9 Å². The van der Waals surface area contributed by atoms with Crippen molar-refractivity contribution in [1.82, 2.24) is 10.2 Å². The van der Waals surface area contributed by atoms with Gasteiger partial charge in [-0.3, -0.25) is 9.69 Å². The molecule has 7 heteroatoms. The molecule has 148 valence electrons. The molecule has 1 saturated heterocycles. The molecule has 28 heavy (non-hydrogen) atoms. The van der Waals surface area contributed by atoms with E-state index in [1.54, 1.807) is 19.4 Å². The van der Waals surface area contributed by atoms with Gasteiger partial charge in [-0.2, -0.15) is 0 Å². The summed E-state index contributed by atoms with van der Waals surface area (Å²) in [6.07, 6.45) is 3.96. The first kappa shape index (κ1) is 19.1. The van der Waals surface area contributed by atoms with E-state index in [1.165, 1.54) is 17.4 Å². The van der Waals surface area contributed by atoms with Gasteiger partial charge in [0.1, 0.15) is 11.6 Å². The van der Waals surface area contributed by atoms with Gasteiger partial charge < -0.3 is 14.5 Å². The predicted molar refractivity (Wildman–Crippen MR) is 107 cm³/mol. The number of ether oxygens (including phenoxy) is 1. The molecule has 3 aromatic rings. The molecule has 5 nitrogen and oxygen atoms in total. The van der Waals surface area contributed by atoms with Gasteiger partial charge in [0.25, 0.3) is 5.91 Å². The molecular formula is C21H23FN2O3S. The van der Waals surface area contributed by atoms with E-state index in [9.17, 15) is 9.18 Å². The highest BCUT2D eigenvalue weighted by atomic mass is 32.1. The molecule has 0 radical (unpaired) electrons. The highest BCUT2D eigenvalue weighted by Crippen LogP contribution is 2.34. The van der Waals surface area contributed by atoms with Crippen LogP contribution in [0, 0.1) is 5.82 Å². The number of nitrogens with one attached hydrogen (secondary N) is 1. The Morgan fingerprint density at radius 2 is 2.14 bits per heavy atom. The van der Waals surface area contributed by atoms with Crippen LogP contribution in [0.5, 0.6) is 0 Å². The van der Waals surface area contributed by atoms with Crippen molar-refractivity contribution in [3.63, 3.8) is 0 Å². The number of nitrogens with zero attached hydrogens (tertiary/aromatic N) is 1. The van der Waals surface area contributed by atoms with Gasteiger partial charge >= 0.3 is 0 Å². The van der Waals surface area contributed by atoms with Gasteiger partial charge in [-0.15, -0.1) is 11.3 Å². The third-order valence-electron chi connectivity index (χ3n) is 5.17. The van der Waals surface area contributed by atoms with Gasteiger partial charge in [-0.05, 0) is 50.2 Å². The van der Waals surface area contributed by atoms with Crippen molar-refractivity contribution in [3.8, 4) is 0 Å². The fraction of sp³-hybridized carbons (Fsp3) is 0.381. The maximum atomic E-state index is 14.4. The molecule has 1 aliphatic heterocycles. The predicted octanol–water partition coefficient (Wildman–Crippen LogP) is 4.35. The van der Waals surface area contributed by atoms with Crippen molar-refractivity contribution >= 4 is 27.3 Å². The van der Waals surface area contributed by atoms with Crippen LogP contribution in [0.15, 0.2) is 41.0 Å².